The molecule has 0 saturated carbocycles. The monoisotopic (exact) mass is 311 g/mol. The van der Waals surface area contributed by atoms with Crippen LogP contribution in [0.1, 0.15) is 43.0 Å². The molecular weight excluding hydrogens is 286 g/mol. The van der Waals surface area contributed by atoms with Crippen molar-refractivity contribution in [1.29, 1.82) is 0 Å². The molecule has 0 radical (unpaired) electrons. The normalized spacial score (nSPS) is 11.8. The largest absolute Gasteiger partial charge is 0.497 e. The summed E-state index contributed by atoms with van der Waals surface area (Å²) in [6.45, 7) is 4.16. The van der Waals surface area contributed by atoms with Crippen LogP contribution in [0.25, 0.3) is 0 Å². The van der Waals surface area contributed by atoms with Gasteiger partial charge >= 0.3 is 0 Å². The first-order valence-corrected chi connectivity index (χ1v) is 8.13. The Bertz CT molecular complexity index is 617. The van der Waals surface area contributed by atoms with Crippen molar-refractivity contribution in [2.75, 3.05) is 7.11 Å². The molecule has 0 spiro atoms. The molecule has 2 aromatic rings. The van der Waals surface area contributed by atoms with Crippen molar-refractivity contribution in [2.24, 2.45) is 0 Å². The van der Waals surface area contributed by atoms with Gasteiger partial charge in [-0.05, 0) is 48.6 Å². The number of hydrogen-bond acceptors (Lipinski definition) is 2. The summed E-state index contributed by atoms with van der Waals surface area (Å²) in [5.41, 5.74) is 3.59. The summed E-state index contributed by atoms with van der Waals surface area (Å²) < 4.78 is 5.13. The van der Waals surface area contributed by atoms with E-state index in [9.17, 15) is 4.79 Å². The van der Waals surface area contributed by atoms with E-state index in [0.29, 0.717) is 6.42 Å². The van der Waals surface area contributed by atoms with Gasteiger partial charge in [0.15, 0.2) is 0 Å². The molecule has 23 heavy (non-hydrogen) atoms. The van der Waals surface area contributed by atoms with Crippen LogP contribution in [0.4, 0.5) is 0 Å². The van der Waals surface area contributed by atoms with Crippen LogP contribution < -0.4 is 10.1 Å². The van der Waals surface area contributed by atoms with Gasteiger partial charge in [-0.25, -0.2) is 0 Å². The number of amides is 1. The van der Waals surface area contributed by atoms with Crippen molar-refractivity contribution in [3.8, 4) is 5.75 Å². The highest BCUT2D eigenvalue weighted by molar-refractivity contribution is 5.76. The van der Waals surface area contributed by atoms with Gasteiger partial charge in [-0.15, -0.1) is 0 Å². The number of aryl methyl sites for hydroxylation is 2. The van der Waals surface area contributed by atoms with E-state index in [1.54, 1.807) is 7.11 Å². The average molecular weight is 311 g/mol. The zero-order valence-corrected chi connectivity index (χ0v) is 14.1. The van der Waals surface area contributed by atoms with Gasteiger partial charge in [-0.3, -0.25) is 4.79 Å². The second kappa shape index (κ2) is 8.37. The minimum atomic E-state index is 0.0317. The van der Waals surface area contributed by atoms with Gasteiger partial charge in [0.1, 0.15) is 5.75 Å². The summed E-state index contributed by atoms with van der Waals surface area (Å²) in [4.78, 5) is 12.1. The lowest BCUT2D eigenvalue weighted by Crippen LogP contribution is -2.26. The Morgan fingerprint density at radius 3 is 2.22 bits per heavy atom. The molecule has 0 aromatic heterocycles. The maximum Gasteiger partial charge on any atom is 0.220 e. The Kier molecular flexibility index (Phi) is 6.21. The van der Waals surface area contributed by atoms with E-state index >= 15 is 0 Å². The summed E-state index contributed by atoms with van der Waals surface area (Å²) in [6.07, 6.45) is 2.25. The van der Waals surface area contributed by atoms with E-state index in [-0.39, 0.29) is 11.9 Å². The molecule has 2 rings (SSSR count). The lowest BCUT2D eigenvalue weighted by atomic mass is 10.0. The van der Waals surface area contributed by atoms with Crippen LogP contribution in [0.2, 0.25) is 0 Å². The highest BCUT2D eigenvalue weighted by atomic mass is 16.5. The fourth-order valence-corrected chi connectivity index (χ4v) is 2.49. The molecule has 0 unspecified atom stereocenters. The van der Waals surface area contributed by atoms with Crippen molar-refractivity contribution < 1.29 is 9.53 Å². The van der Waals surface area contributed by atoms with E-state index < -0.39 is 0 Å². The first-order valence-electron chi connectivity index (χ1n) is 8.13. The van der Waals surface area contributed by atoms with Gasteiger partial charge < -0.3 is 10.1 Å². The Balaban J connectivity index is 1.83. The second-order valence-corrected chi connectivity index (χ2v) is 5.73. The van der Waals surface area contributed by atoms with Crippen LogP contribution in [0.3, 0.4) is 0 Å². The Morgan fingerprint density at radius 1 is 1.04 bits per heavy atom. The number of nitrogens with one attached hydrogen (secondary N) is 1. The number of hydrogen-bond donors (Lipinski definition) is 1. The Hall–Kier alpha value is -2.29. The fraction of sp³-hybridized carbons (Fsp3) is 0.350. The van der Waals surface area contributed by atoms with Gasteiger partial charge in [0, 0.05) is 6.42 Å². The lowest BCUT2D eigenvalue weighted by molar-refractivity contribution is -0.121. The topological polar surface area (TPSA) is 38.3 Å². The van der Waals surface area contributed by atoms with E-state index in [1.807, 2.05) is 31.2 Å². The summed E-state index contributed by atoms with van der Waals surface area (Å²) in [5, 5.41) is 3.06. The molecule has 0 aliphatic rings. The maximum atomic E-state index is 12.1. The zero-order valence-electron chi connectivity index (χ0n) is 14.1. The molecule has 0 saturated heterocycles. The predicted octanol–water partition coefficient (Wildman–Crippen LogP) is 4.07. The first-order chi connectivity index (χ1) is 11.1. The number of carbonyl (C=O) groups excluding carboxylic acids is 1. The van der Waals surface area contributed by atoms with Crippen LogP contribution in [-0.4, -0.2) is 13.0 Å². The first kappa shape index (κ1) is 17.1. The number of methoxy groups -OCH3 is 1. The third kappa shape index (κ3) is 5.13. The molecule has 0 fully saturated rings. The highest BCUT2D eigenvalue weighted by Gasteiger charge is 2.09. The van der Waals surface area contributed by atoms with Crippen LogP contribution in [0, 0.1) is 0 Å². The van der Waals surface area contributed by atoms with Crippen LogP contribution in [-0.2, 0) is 17.6 Å². The van der Waals surface area contributed by atoms with Gasteiger partial charge in [0.2, 0.25) is 5.91 Å². The number of ether oxygens (including phenoxy) is 1. The van der Waals surface area contributed by atoms with Crippen LogP contribution >= 0.6 is 0 Å². The molecule has 1 atom stereocenters. The van der Waals surface area contributed by atoms with Gasteiger partial charge in [-0.2, -0.15) is 0 Å². The lowest BCUT2D eigenvalue weighted by Gasteiger charge is -2.15. The molecule has 1 amide bonds. The number of benzene rings is 2. The second-order valence-electron chi connectivity index (χ2n) is 5.73. The fourth-order valence-electron chi connectivity index (χ4n) is 2.49. The van der Waals surface area contributed by atoms with Crippen molar-refractivity contribution in [2.45, 2.75) is 39.2 Å². The van der Waals surface area contributed by atoms with Crippen molar-refractivity contribution in [3.63, 3.8) is 0 Å². The molecule has 3 nitrogen and oxygen atoms in total. The molecule has 1 N–H and O–H groups in total. The van der Waals surface area contributed by atoms with Gasteiger partial charge in [0.25, 0.3) is 0 Å². The van der Waals surface area contributed by atoms with E-state index in [2.05, 4.69) is 36.5 Å². The molecule has 3 heteroatoms. The smallest absolute Gasteiger partial charge is 0.220 e. The Morgan fingerprint density at radius 2 is 1.65 bits per heavy atom. The SMILES string of the molecule is CCc1ccc([C@H](C)NC(=O)CCc2ccc(OC)cc2)cc1. The zero-order chi connectivity index (χ0) is 16.7. The maximum absolute atomic E-state index is 12.1. The summed E-state index contributed by atoms with van der Waals surface area (Å²) >= 11 is 0. The Labute approximate surface area is 138 Å². The standard InChI is InChI=1S/C20H25NO2/c1-4-16-5-10-18(11-6-16)15(2)21-20(22)14-9-17-7-12-19(23-3)13-8-17/h5-8,10-13,15H,4,9,14H2,1-3H3,(H,21,22)/t15-/m0/s1. The van der Waals surface area contributed by atoms with Crippen molar-refractivity contribution >= 4 is 5.91 Å². The van der Waals surface area contributed by atoms with E-state index in [1.165, 1.54) is 5.56 Å². The van der Waals surface area contributed by atoms with Gasteiger partial charge in [0.05, 0.1) is 13.2 Å². The number of rotatable bonds is 7. The molecule has 2 aromatic carbocycles. The third-order valence-corrected chi connectivity index (χ3v) is 4.07. The van der Waals surface area contributed by atoms with Crippen molar-refractivity contribution in [1.82, 2.24) is 5.32 Å². The van der Waals surface area contributed by atoms with Crippen molar-refractivity contribution in [3.05, 3.63) is 65.2 Å². The molecule has 0 heterocycles. The average Bonchev–Trinajstić information content (AvgIpc) is 2.60. The van der Waals surface area contributed by atoms with Gasteiger partial charge in [-0.1, -0.05) is 43.3 Å². The predicted molar refractivity (Wildman–Crippen MR) is 93.7 cm³/mol. The molecular formula is C20H25NO2. The van der Waals surface area contributed by atoms with Crippen LogP contribution in [0.5, 0.6) is 5.75 Å². The summed E-state index contributed by atoms with van der Waals surface area (Å²) in [5.74, 6) is 0.912. The molecule has 0 aliphatic carbocycles. The summed E-state index contributed by atoms with van der Waals surface area (Å²) in [7, 11) is 1.65. The van der Waals surface area contributed by atoms with Crippen LogP contribution in [0.15, 0.2) is 48.5 Å². The highest BCUT2D eigenvalue weighted by Crippen LogP contribution is 2.15. The van der Waals surface area contributed by atoms with E-state index in [0.717, 1.165) is 29.7 Å². The minimum absolute atomic E-state index is 0.0317. The summed E-state index contributed by atoms with van der Waals surface area (Å²) in [6, 6.07) is 16.3. The minimum Gasteiger partial charge on any atom is -0.497 e. The molecule has 122 valence electrons. The quantitative estimate of drug-likeness (QED) is 0.837. The molecule has 0 bridgehead atoms. The molecule has 0 aliphatic heterocycles. The van der Waals surface area contributed by atoms with E-state index in [4.69, 9.17) is 4.74 Å². The number of carbonyl (C=O) groups is 1. The third-order valence-electron chi connectivity index (χ3n) is 4.07.